The first-order chi connectivity index (χ1) is 8.63. The van der Waals surface area contributed by atoms with E-state index in [-0.39, 0.29) is 22.9 Å². The van der Waals surface area contributed by atoms with Crippen LogP contribution in [0.1, 0.15) is 39.2 Å². The first-order valence-corrected chi connectivity index (χ1v) is 7.12. The van der Waals surface area contributed by atoms with Crippen molar-refractivity contribution in [3.8, 4) is 0 Å². The van der Waals surface area contributed by atoms with Crippen LogP contribution in [0.25, 0.3) is 0 Å². The highest BCUT2D eigenvalue weighted by molar-refractivity contribution is 8.00. The third-order valence-corrected chi connectivity index (χ3v) is 3.85. The molecule has 1 unspecified atom stereocenters. The zero-order valence-corrected chi connectivity index (χ0v) is 11.4. The molecule has 0 bridgehead atoms. The number of carbonyl (C=O) groups is 1. The van der Waals surface area contributed by atoms with E-state index in [4.69, 9.17) is 0 Å². The van der Waals surface area contributed by atoms with Gasteiger partial charge in [0, 0.05) is 12.6 Å². The summed E-state index contributed by atoms with van der Waals surface area (Å²) in [5.74, 6) is -0.0142. The Morgan fingerprint density at radius 3 is 3.00 bits per heavy atom. The van der Waals surface area contributed by atoms with Gasteiger partial charge in [-0.25, -0.2) is 9.89 Å². The lowest BCUT2D eigenvalue weighted by Gasteiger charge is -2.11. The van der Waals surface area contributed by atoms with Crippen LogP contribution in [0.5, 0.6) is 0 Å². The molecule has 0 spiro atoms. The average molecular weight is 270 g/mol. The fourth-order valence-corrected chi connectivity index (χ4v) is 2.58. The van der Waals surface area contributed by atoms with E-state index >= 15 is 0 Å². The smallest absolute Gasteiger partial charge is 0.344 e. The van der Waals surface area contributed by atoms with E-state index in [0.717, 1.165) is 19.3 Å². The van der Waals surface area contributed by atoms with Crippen molar-refractivity contribution in [3.63, 3.8) is 0 Å². The van der Waals surface area contributed by atoms with Gasteiger partial charge in [-0.2, -0.15) is 0 Å². The maximum Gasteiger partial charge on any atom is 0.344 e. The minimum absolute atomic E-state index is 0.0142. The molecule has 1 aliphatic carbocycles. The predicted molar refractivity (Wildman–Crippen MR) is 69.7 cm³/mol. The van der Waals surface area contributed by atoms with Gasteiger partial charge in [-0.3, -0.25) is 9.36 Å². The van der Waals surface area contributed by atoms with Crippen LogP contribution >= 0.6 is 11.8 Å². The molecule has 1 aromatic rings. The van der Waals surface area contributed by atoms with E-state index in [2.05, 4.69) is 15.5 Å². The summed E-state index contributed by atoms with van der Waals surface area (Å²) in [5, 5.41) is 9.64. The molecule has 18 heavy (non-hydrogen) atoms. The summed E-state index contributed by atoms with van der Waals surface area (Å²) in [7, 11) is 0. The maximum atomic E-state index is 11.8. The molecule has 1 atom stereocenters. The number of aromatic amines is 1. The SMILES string of the molecule is CCCNC(=O)C(C)Sc1n[nH]c(=O)n1C1CC1. The molecule has 0 saturated heterocycles. The van der Waals surface area contributed by atoms with Crippen molar-refractivity contribution < 1.29 is 4.79 Å². The minimum atomic E-state index is -0.246. The van der Waals surface area contributed by atoms with Gasteiger partial charge in [-0.05, 0) is 26.2 Å². The molecule has 1 heterocycles. The van der Waals surface area contributed by atoms with Gasteiger partial charge in [-0.1, -0.05) is 18.7 Å². The van der Waals surface area contributed by atoms with Crippen LogP contribution in [0, 0.1) is 0 Å². The molecule has 6 nitrogen and oxygen atoms in total. The van der Waals surface area contributed by atoms with Crippen LogP contribution in [0.2, 0.25) is 0 Å². The monoisotopic (exact) mass is 270 g/mol. The molecule has 1 aliphatic rings. The zero-order valence-electron chi connectivity index (χ0n) is 10.6. The molecule has 0 radical (unpaired) electrons. The summed E-state index contributed by atoms with van der Waals surface area (Å²) in [6, 6.07) is 0.268. The standard InChI is InChI=1S/C11H18N4O2S/c1-3-6-12-9(16)7(2)18-11-14-13-10(17)15(11)8-4-5-8/h7-8H,3-6H2,1-2H3,(H,12,16)(H,13,17). The molecule has 7 heteroatoms. The van der Waals surface area contributed by atoms with Crippen LogP contribution in [0.4, 0.5) is 0 Å². The average Bonchev–Trinajstić information content (AvgIpc) is 3.12. The van der Waals surface area contributed by atoms with E-state index in [0.29, 0.717) is 11.7 Å². The largest absolute Gasteiger partial charge is 0.355 e. The van der Waals surface area contributed by atoms with E-state index in [1.165, 1.54) is 11.8 Å². The van der Waals surface area contributed by atoms with Crippen molar-refractivity contribution in [1.29, 1.82) is 0 Å². The van der Waals surface area contributed by atoms with Crippen LogP contribution in [-0.4, -0.2) is 32.5 Å². The van der Waals surface area contributed by atoms with Crippen molar-refractivity contribution in [2.24, 2.45) is 0 Å². The third-order valence-electron chi connectivity index (χ3n) is 2.78. The lowest BCUT2D eigenvalue weighted by atomic mass is 10.4. The quantitative estimate of drug-likeness (QED) is 0.753. The zero-order chi connectivity index (χ0) is 13.1. The maximum absolute atomic E-state index is 11.8. The lowest BCUT2D eigenvalue weighted by Crippen LogP contribution is -2.31. The van der Waals surface area contributed by atoms with Gasteiger partial charge in [0.25, 0.3) is 0 Å². The second kappa shape index (κ2) is 5.60. The summed E-state index contributed by atoms with van der Waals surface area (Å²) in [5.41, 5.74) is -0.179. The molecule has 1 fully saturated rings. The Labute approximate surface area is 110 Å². The molecule has 1 saturated carbocycles. The number of H-pyrrole nitrogens is 1. The number of carbonyl (C=O) groups excluding carboxylic acids is 1. The molecule has 100 valence electrons. The Balaban J connectivity index is 2.00. The second-order valence-corrected chi connectivity index (χ2v) is 5.77. The Hall–Kier alpha value is -1.24. The summed E-state index contributed by atoms with van der Waals surface area (Å²) < 4.78 is 1.66. The number of nitrogens with one attached hydrogen (secondary N) is 2. The number of aromatic nitrogens is 3. The number of nitrogens with zero attached hydrogens (tertiary/aromatic N) is 2. The Morgan fingerprint density at radius 1 is 1.67 bits per heavy atom. The van der Waals surface area contributed by atoms with Gasteiger partial charge < -0.3 is 5.32 Å². The number of rotatable bonds is 6. The van der Waals surface area contributed by atoms with Gasteiger partial charge in [0.15, 0.2) is 5.16 Å². The van der Waals surface area contributed by atoms with Crippen molar-refractivity contribution >= 4 is 17.7 Å². The van der Waals surface area contributed by atoms with Crippen LogP contribution < -0.4 is 11.0 Å². The van der Waals surface area contributed by atoms with Gasteiger partial charge in [0.05, 0.1) is 5.25 Å². The van der Waals surface area contributed by atoms with E-state index in [1.54, 1.807) is 4.57 Å². The highest BCUT2D eigenvalue weighted by Crippen LogP contribution is 2.36. The predicted octanol–water partition coefficient (Wildman–Crippen LogP) is 0.913. The first kappa shape index (κ1) is 13.2. The van der Waals surface area contributed by atoms with Crippen molar-refractivity contribution in [2.75, 3.05) is 6.54 Å². The molecule has 0 aliphatic heterocycles. The lowest BCUT2D eigenvalue weighted by molar-refractivity contribution is -0.120. The van der Waals surface area contributed by atoms with E-state index in [9.17, 15) is 9.59 Å². The van der Waals surface area contributed by atoms with Gasteiger partial charge in [0.1, 0.15) is 0 Å². The Morgan fingerprint density at radius 2 is 2.39 bits per heavy atom. The highest BCUT2D eigenvalue weighted by atomic mass is 32.2. The second-order valence-electron chi connectivity index (χ2n) is 4.46. The fourth-order valence-electron chi connectivity index (χ4n) is 1.63. The van der Waals surface area contributed by atoms with Crippen LogP contribution in [-0.2, 0) is 4.79 Å². The highest BCUT2D eigenvalue weighted by Gasteiger charge is 2.29. The topological polar surface area (TPSA) is 79.8 Å². The van der Waals surface area contributed by atoms with Crippen molar-refractivity contribution in [3.05, 3.63) is 10.5 Å². The van der Waals surface area contributed by atoms with Gasteiger partial charge in [0.2, 0.25) is 5.91 Å². The normalized spacial score (nSPS) is 16.6. The van der Waals surface area contributed by atoms with Crippen LogP contribution in [0.3, 0.4) is 0 Å². The van der Waals surface area contributed by atoms with E-state index in [1.807, 2.05) is 13.8 Å². The molecular formula is C11H18N4O2S. The van der Waals surface area contributed by atoms with E-state index < -0.39 is 0 Å². The molecule has 2 N–H and O–H groups in total. The Bertz CT molecular complexity index is 478. The molecule has 1 aromatic heterocycles. The molecule has 1 amide bonds. The number of hydrogen-bond donors (Lipinski definition) is 2. The summed E-state index contributed by atoms with van der Waals surface area (Å²) in [6.07, 6.45) is 2.95. The molecular weight excluding hydrogens is 252 g/mol. The Kier molecular flexibility index (Phi) is 4.11. The summed E-state index contributed by atoms with van der Waals surface area (Å²) >= 11 is 1.33. The third kappa shape index (κ3) is 2.95. The van der Waals surface area contributed by atoms with Crippen LogP contribution in [0.15, 0.2) is 9.95 Å². The first-order valence-electron chi connectivity index (χ1n) is 6.24. The fraction of sp³-hybridized carbons (Fsp3) is 0.727. The summed E-state index contributed by atoms with van der Waals surface area (Å²) in [4.78, 5) is 23.3. The number of thioether (sulfide) groups is 1. The van der Waals surface area contributed by atoms with Crippen molar-refractivity contribution in [1.82, 2.24) is 20.1 Å². The molecule has 0 aromatic carbocycles. The number of hydrogen-bond acceptors (Lipinski definition) is 4. The van der Waals surface area contributed by atoms with Gasteiger partial charge in [-0.15, -0.1) is 5.10 Å². The van der Waals surface area contributed by atoms with Gasteiger partial charge >= 0.3 is 5.69 Å². The van der Waals surface area contributed by atoms with Crippen molar-refractivity contribution in [2.45, 2.75) is 49.6 Å². The number of amides is 1. The minimum Gasteiger partial charge on any atom is -0.355 e. The summed E-state index contributed by atoms with van der Waals surface area (Å²) in [6.45, 7) is 4.52. The molecule has 2 rings (SSSR count).